The predicted octanol–water partition coefficient (Wildman–Crippen LogP) is 18.7. The van der Waals surface area contributed by atoms with Gasteiger partial charge in [0, 0.05) is 19.3 Å². The first kappa shape index (κ1) is 62.4. The van der Waals surface area contributed by atoms with E-state index in [2.05, 4.69) is 69.4 Å². The molecule has 1 unspecified atom stereocenters. The predicted molar refractivity (Wildman–Crippen MR) is 279 cm³/mol. The van der Waals surface area contributed by atoms with E-state index in [-0.39, 0.29) is 31.1 Å². The molecule has 0 amide bonds. The van der Waals surface area contributed by atoms with Gasteiger partial charge in [-0.1, -0.05) is 217 Å². The van der Waals surface area contributed by atoms with Crippen LogP contribution in [-0.2, 0) is 28.6 Å². The SMILES string of the molecule is CCCCC/C=C\C/C=C\CCCCCCCC(=O)OCC(COC(=O)CCCCCCC/C=C\CCCCCCCCC)OC(=O)CCCCCCC/C=C\CCCCCCCCC. The van der Waals surface area contributed by atoms with Crippen molar-refractivity contribution in [2.24, 2.45) is 0 Å². The van der Waals surface area contributed by atoms with Crippen LogP contribution in [0, 0.1) is 0 Å². The molecule has 0 saturated carbocycles. The maximum absolute atomic E-state index is 12.8. The van der Waals surface area contributed by atoms with E-state index in [0.29, 0.717) is 19.3 Å². The van der Waals surface area contributed by atoms with E-state index in [9.17, 15) is 14.4 Å². The number of rotatable bonds is 51. The molecule has 378 valence electrons. The molecule has 0 aromatic rings. The molecule has 6 nitrogen and oxygen atoms in total. The first-order chi connectivity index (χ1) is 32.0. The molecule has 0 rings (SSSR count). The average molecular weight is 911 g/mol. The summed E-state index contributed by atoms with van der Waals surface area (Å²) >= 11 is 0. The summed E-state index contributed by atoms with van der Waals surface area (Å²) in [5, 5.41) is 0. The van der Waals surface area contributed by atoms with Crippen LogP contribution in [-0.4, -0.2) is 37.2 Å². The lowest BCUT2D eigenvalue weighted by Crippen LogP contribution is -2.30. The van der Waals surface area contributed by atoms with Crippen LogP contribution in [0.1, 0.15) is 290 Å². The fourth-order valence-electron chi connectivity index (χ4n) is 7.99. The van der Waals surface area contributed by atoms with E-state index in [1.165, 1.54) is 154 Å². The van der Waals surface area contributed by atoms with Gasteiger partial charge < -0.3 is 14.2 Å². The zero-order chi connectivity index (χ0) is 47.2. The number of hydrogen-bond donors (Lipinski definition) is 0. The Morgan fingerprint density at radius 2 is 0.554 bits per heavy atom. The normalized spacial score (nSPS) is 12.4. The van der Waals surface area contributed by atoms with Crippen LogP contribution >= 0.6 is 0 Å². The highest BCUT2D eigenvalue weighted by molar-refractivity contribution is 5.71. The van der Waals surface area contributed by atoms with Crippen LogP contribution in [0.2, 0.25) is 0 Å². The minimum atomic E-state index is -0.785. The lowest BCUT2D eigenvalue weighted by atomic mass is 10.1. The number of carbonyl (C=O) groups excluding carboxylic acids is 3. The van der Waals surface area contributed by atoms with Crippen LogP contribution in [0.5, 0.6) is 0 Å². The monoisotopic (exact) mass is 911 g/mol. The van der Waals surface area contributed by atoms with Crippen LogP contribution in [0.25, 0.3) is 0 Å². The van der Waals surface area contributed by atoms with Gasteiger partial charge in [-0.2, -0.15) is 0 Å². The molecule has 0 spiro atoms. The van der Waals surface area contributed by atoms with Crippen molar-refractivity contribution in [1.82, 2.24) is 0 Å². The largest absolute Gasteiger partial charge is 0.462 e. The van der Waals surface area contributed by atoms with Crippen LogP contribution in [0.3, 0.4) is 0 Å². The third-order valence-electron chi connectivity index (χ3n) is 12.3. The Morgan fingerprint density at radius 1 is 0.308 bits per heavy atom. The number of carbonyl (C=O) groups is 3. The number of unbranched alkanes of at least 4 members (excludes halogenated alkanes) is 32. The summed E-state index contributed by atoms with van der Waals surface area (Å²) in [5.41, 5.74) is 0. The second-order valence-electron chi connectivity index (χ2n) is 18.8. The van der Waals surface area contributed by atoms with Crippen molar-refractivity contribution < 1.29 is 28.6 Å². The maximum Gasteiger partial charge on any atom is 0.306 e. The van der Waals surface area contributed by atoms with Crippen molar-refractivity contribution in [3.8, 4) is 0 Å². The molecule has 0 aromatic carbocycles. The second kappa shape index (κ2) is 54.0. The Morgan fingerprint density at radius 3 is 0.892 bits per heavy atom. The first-order valence-corrected chi connectivity index (χ1v) is 28.1. The van der Waals surface area contributed by atoms with Gasteiger partial charge in [-0.25, -0.2) is 0 Å². The van der Waals surface area contributed by atoms with E-state index in [0.717, 1.165) is 96.3 Å². The minimum Gasteiger partial charge on any atom is -0.462 e. The van der Waals surface area contributed by atoms with E-state index >= 15 is 0 Å². The van der Waals surface area contributed by atoms with Crippen LogP contribution in [0.4, 0.5) is 0 Å². The Bertz CT molecular complexity index is 1140. The lowest BCUT2D eigenvalue weighted by Gasteiger charge is -2.18. The fraction of sp³-hybridized carbons (Fsp3) is 0.814. The summed E-state index contributed by atoms with van der Waals surface area (Å²) in [5.74, 6) is -0.903. The molecule has 0 saturated heterocycles. The number of ether oxygens (including phenoxy) is 3. The lowest BCUT2D eigenvalue weighted by molar-refractivity contribution is -0.167. The van der Waals surface area contributed by atoms with Crippen molar-refractivity contribution in [3.05, 3.63) is 48.6 Å². The van der Waals surface area contributed by atoms with Crippen molar-refractivity contribution in [2.45, 2.75) is 297 Å². The smallest absolute Gasteiger partial charge is 0.306 e. The third-order valence-corrected chi connectivity index (χ3v) is 12.3. The molecule has 6 heteroatoms. The summed E-state index contributed by atoms with van der Waals surface area (Å²) in [6.45, 7) is 6.61. The first-order valence-electron chi connectivity index (χ1n) is 28.1. The quantitative estimate of drug-likeness (QED) is 0.0262. The molecule has 0 heterocycles. The molecule has 0 aliphatic rings. The van der Waals surface area contributed by atoms with Gasteiger partial charge in [0.15, 0.2) is 6.10 Å². The van der Waals surface area contributed by atoms with Gasteiger partial charge in [-0.3, -0.25) is 14.4 Å². The number of allylic oxidation sites excluding steroid dienone is 8. The molecular formula is C59H106O6. The minimum absolute atomic E-state index is 0.0841. The summed E-state index contributed by atoms with van der Waals surface area (Å²) in [6.07, 6.45) is 65.2. The molecule has 0 radical (unpaired) electrons. The Hall–Kier alpha value is -2.63. The molecule has 1 atom stereocenters. The number of hydrogen-bond acceptors (Lipinski definition) is 6. The number of esters is 3. The van der Waals surface area contributed by atoms with Crippen molar-refractivity contribution in [2.75, 3.05) is 13.2 Å². The molecule has 0 fully saturated rings. The highest BCUT2D eigenvalue weighted by atomic mass is 16.6. The molecule has 65 heavy (non-hydrogen) atoms. The van der Waals surface area contributed by atoms with Crippen molar-refractivity contribution >= 4 is 17.9 Å². The molecule has 0 bridgehead atoms. The molecule has 0 aliphatic heterocycles. The van der Waals surface area contributed by atoms with Gasteiger partial charge >= 0.3 is 17.9 Å². The van der Waals surface area contributed by atoms with E-state index < -0.39 is 6.10 Å². The van der Waals surface area contributed by atoms with Crippen molar-refractivity contribution in [3.63, 3.8) is 0 Å². The fourth-order valence-corrected chi connectivity index (χ4v) is 7.99. The Balaban J connectivity index is 4.41. The molecule has 0 aromatic heterocycles. The highest BCUT2D eigenvalue weighted by Crippen LogP contribution is 2.15. The van der Waals surface area contributed by atoms with Gasteiger partial charge in [-0.05, 0) is 103 Å². The topological polar surface area (TPSA) is 78.9 Å². The Kier molecular flexibility index (Phi) is 51.8. The Labute approximate surface area is 403 Å². The summed E-state index contributed by atoms with van der Waals surface area (Å²) < 4.78 is 16.8. The molecule has 0 aliphatic carbocycles. The maximum atomic E-state index is 12.8. The van der Waals surface area contributed by atoms with Gasteiger partial charge in [0.2, 0.25) is 0 Å². The van der Waals surface area contributed by atoms with Gasteiger partial charge in [-0.15, -0.1) is 0 Å². The van der Waals surface area contributed by atoms with E-state index in [1.54, 1.807) is 0 Å². The van der Waals surface area contributed by atoms with E-state index in [1.807, 2.05) is 0 Å². The standard InChI is InChI=1S/C59H106O6/c1-4-7-10-13-16-19-22-25-28-31-34-37-40-43-46-49-52-58(61)64-55-56(54-63-57(60)51-48-45-42-39-36-33-30-27-24-21-18-15-12-9-6-3)65-59(62)53-50-47-44-41-38-35-32-29-26-23-20-17-14-11-8-5-2/h18,21,27-32,56H,4-17,19-20,22-26,33-55H2,1-3H3/b21-18-,30-27-,31-28-,32-29-. The van der Waals surface area contributed by atoms with Gasteiger partial charge in [0.25, 0.3) is 0 Å². The zero-order valence-corrected chi connectivity index (χ0v) is 43.3. The van der Waals surface area contributed by atoms with Crippen LogP contribution < -0.4 is 0 Å². The summed E-state index contributed by atoms with van der Waals surface area (Å²) in [6, 6.07) is 0. The molecule has 0 N–H and O–H groups in total. The zero-order valence-electron chi connectivity index (χ0n) is 43.3. The van der Waals surface area contributed by atoms with Gasteiger partial charge in [0.05, 0.1) is 0 Å². The van der Waals surface area contributed by atoms with E-state index in [4.69, 9.17) is 14.2 Å². The van der Waals surface area contributed by atoms with Crippen LogP contribution in [0.15, 0.2) is 48.6 Å². The third kappa shape index (κ3) is 52.2. The second-order valence-corrected chi connectivity index (χ2v) is 18.8. The summed E-state index contributed by atoms with van der Waals surface area (Å²) in [4.78, 5) is 38.1. The van der Waals surface area contributed by atoms with Gasteiger partial charge in [0.1, 0.15) is 13.2 Å². The van der Waals surface area contributed by atoms with Crippen molar-refractivity contribution in [1.29, 1.82) is 0 Å². The summed E-state index contributed by atoms with van der Waals surface area (Å²) in [7, 11) is 0. The highest BCUT2D eigenvalue weighted by Gasteiger charge is 2.19. The average Bonchev–Trinajstić information content (AvgIpc) is 3.30. The molecular weight excluding hydrogens is 805 g/mol.